The molecule has 0 aliphatic rings. The summed E-state index contributed by atoms with van der Waals surface area (Å²) in [5, 5.41) is -4.53. The number of hydrogen-bond acceptors (Lipinski definition) is 4. The van der Waals surface area contributed by atoms with Crippen molar-refractivity contribution in [1.82, 2.24) is 0 Å². The predicted molar refractivity (Wildman–Crippen MR) is 71.8 cm³/mol. The lowest BCUT2D eigenvalue weighted by atomic mass is 10.0. The zero-order chi connectivity index (χ0) is 16.3. The number of rotatable bonds is 6. The standard InChI is InChI=1S/C13H16F2O5S/c1-9(2)7-10-3-5-11(6-4-10)12(16)20-8-13(14,15)21(17,18)19/h3-6,9H,7-8H2,1-2H3,(H,17,18,19). The molecule has 0 fully saturated rings. The van der Waals surface area contributed by atoms with Crippen molar-refractivity contribution in [3.05, 3.63) is 35.4 Å². The Bertz CT molecular complexity index is 593. The average Bonchev–Trinajstić information content (AvgIpc) is 2.35. The summed E-state index contributed by atoms with van der Waals surface area (Å²) >= 11 is 0. The van der Waals surface area contributed by atoms with E-state index in [1.807, 2.05) is 13.8 Å². The number of esters is 1. The van der Waals surface area contributed by atoms with Crippen molar-refractivity contribution in [2.24, 2.45) is 5.92 Å². The molecule has 0 atom stereocenters. The van der Waals surface area contributed by atoms with Crippen LogP contribution >= 0.6 is 0 Å². The molecule has 0 heterocycles. The summed E-state index contributed by atoms with van der Waals surface area (Å²) in [6.45, 7) is 2.32. The highest BCUT2D eigenvalue weighted by atomic mass is 32.2. The van der Waals surface area contributed by atoms with Gasteiger partial charge in [0.05, 0.1) is 5.56 Å². The van der Waals surface area contributed by atoms with Crippen LogP contribution in [0.1, 0.15) is 29.8 Å². The highest BCUT2D eigenvalue weighted by Crippen LogP contribution is 2.21. The zero-order valence-electron chi connectivity index (χ0n) is 11.5. The summed E-state index contributed by atoms with van der Waals surface area (Å²) in [5.74, 6) is -0.661. The quantitative estimate of drug-likeness (QED) is 0.643. The fraction of sp³-hybridized carbons (Fsp3) is 0.462. The molecule has 1 rings (SSSR count). The minimum absolute atomic E-state index is 0.0219. The molecule has 1 aromatic rings. The second kappa shape index (κ2) is 6.48. The van der Waals surface area contributed by atoms with Crippen LogP contribution in [0.2, 0.25) is 0 Å². The van der Waals surface area contributed by atoms with Gasteiger partial charge >= 0.3 is 21.3 Å². The van der Waals surface area contributed by atoms with E-state index in [1.54, 1.807) is 12.1 Å². The first-order valence-electron chi connectivity index (χ1n) is 6.14. The molecule has 0 saturated heterocycles. The Morgan fingerprint density at radius 1 is 1.29 bits per heavy atom. The number of carbonyl (C=O) groups excluding carboxylic acids is 1. The van der Waals surface area contributed by atoms with Gasteiger partial charge in [0, 0.05) is 0 Å². The normalized spacial score (nSPS) is 12.5. The lowest BCUT2D eigenvalue weighted by Crippen LogP contribution is -2.34. The molecule has 0 bridgehead atoms. The van der Waals surface area contributed by atoms with E-state index in [4.69, 9.17) is 4.55 Å². The minimum atomic E-state index is -5.61. The van der Waals surface area contributed by atoms with Crippen molar-refractivity contribution in [3.8, 4) is 0 Å². The summed E-state index contributed by atoms with van der Waals surface area (Å²) in [6.07, 6.45) is 0.802. The van der Waals surface area contributed by atoms with Crippen molar-refractivity contribution >= 4 is 16.1 Å². The Kier molecular flexibility index (Phi) is 5.41. The molecular weight excluding hydrogens is 306 g/mol. The summed E-state index contributed by atoms with van der Waals surface area (Å²) in [6, 6.07) is 6.15. The third-order valence-corrected chi connectivity index (χ3v) is 3.45. The summed E-state index contributed by atoms with van der Waals surface area (Å²) in [4.78, 5) is 11.5. The van der Waals surface area contributed by atoms with Crippen molar-refractivity contribution in [2.45, 2.75) is 25.5 Å². The number of benzene rings is 1. The van der Waals surface area contributed by atoms with Crippen LogP contribution < -0.4 is 0 Å². The van der Waals surface area contributed by atoms with E-state index in [2.05, 4.69) is 4.74 Å². The average molecular weight is 322 g/mol. The Hall–Kier alpha value is -1.54. The van der Waals surface area contributed by atoms with E-state index in [0.29, 0.717) is 5.92 Å². The van der Waals surface area contributed by atoms with Crippen molar-refractivity contribution in [3.63, 3.8) is 0 Å². The Labute approximate surface area is 121 Å². The molecule has 0 amide bonds. The van der Waals surface area contributed by atoms with Crippen molar-refractivity contribution in [2.75, 3.05) is 6.61 Å². The lowest BCUT2D eigenvalue weighted by molar-refractivity contribution is -0.00950. The smallest absolute Gasteiger partial charge is 0.402 e. The molecule has 0 aliphatic carbocycles. The van der Waals surface area contributed by atoms with Crippen LogP contribution in [0.4, 0.5) is 8.78 Å². The summed E-state index contributed by atoms with van der Waals surface area (Å²) < 4.78 is 59.0. The van der Waals surface area contributed by atoms with Crippen LogP contribution in [0.15, 0.2) is 24.3 Å². The van der Waals surface area contributed by atoms with Gasteiger partial charge in [0.25, 0.3) is 0 Å². The third-order valence-electron chi connectivity index (χ3n) is 2.58. The largest absolute Gasteiger partial charge is 0.454 e. The SMILES string of the molecule is CC(C)Cc1ccc(C(=O)OCC(F)(F)S(=O)(=O)O)cc1. The first-order valence-corrected chi connectivity index (χ1v) is 7.58. The molecule has 1 N–H and O–H groups in total. The van der Waals surface area contributed by atoms with Crippen LogP contribution in [0.3, 0.4) is 0 Å². The van der Waals surface area contributed by atoms with E-state index < -0.39 is 27.9 Å². The third kappa shape index (κ3) is 5.05. The molecule has 0 spiro atoms. The van der Waals surface area contributed by atoms with Gasteiger partial charge in [-0.3, -0.25) is 4.55 Å². The summed E-state index contributed by atoms with van der Waals surface area (Å²) in [7, 11) is -5.61. The first-order chi connectivity index (χ1) is 9.53. The van der Waals surface area contributed by atoms with Gasteiger partial charge in [-0.2, -0.15) is 17.2 Å². The maximum absolute atomic E-state index is 12.9. The second-order valence-corrected chi connectivity index (χ2v) is 6.53. The number of hydrogen-bond donors (Lipinski definition) is 1. The van der Waals surface area contributed by atoms with E-state index in [1.165, 1.54) is 12.1 Å². The van der Waals surface area contributed by atoms with Crippen LogP contribution in [0, 0.1) is 5.92 Å². The molecule has 5 nitrogen and oxygen atoms in total. The van der Waals surface area contributed by atoms with E-state index in [0.717, 1.165) is 12.0 Å². The fourth-order valence-electron chi connectivity index (χ4n) is 1.56. The molecule has 0 unspecified atom stereocenters. The van der Waals surface area contributed by atoms with Crippen LogP contribution in [0.25, 0.3) is 0 Å². The zero-order valence-corrected chi connectivity index (χ0v) is 12.4. The molecule has 0 aliphatic heterocycles. The van der Waals surface area contributed by atoms with Crippen LogP contribution in [0.5, 0.6) is 0 Å². The fourth-order valence-corrected chi connectivity index (χ4v) is 1.76. The van der Waals surface area contributed by atoms with Gasteiger partial charge in [0.1, 0.15) is 0 Å². The monoisotopic (exact) mass is 322 g/mol. The first kappa shape index (κ1) is 17.5. The van der Waals surface area contributed by atoms with E-state index in [9.17, 15) is 22.0 Å². The number of ether oxygens (including phenoxy) is 1. The van der Waals surface area contributed by atoms with Crippen LogP contribution in [-0.4, -0.2) is 30.8 Å². The van der Waals surface area contributed by atoms with Gasteiger partial charge in [-0.15, -0.1) is 0 Å². The van der Waals surface area contributed by atoms with Crippen LogP contribution in [-0.2, 0) is 21.3 Å². The summed E-state index contributed by atoms with van der Waals surface area (Å²) in [5.41, 5.74) is 0.999. The molecule has 0 saturated carbocycles. The Morgan fingerprint density at radius 2 is 1.81 bits per heavy atom. The Balaban J connectivity index is 2.69. The topological polar surface area (TPSA) is 80.7 Å². The van der Waals surface area contributed by atoms with Crippen molar-refractivity contribution in [1.29, 1.82) is 0 Å². The van der Waals surface area contributed by atoms with Gasteiger partial charge in [-0.25, -0.2) is 4.79 Å². The molecule has 21 heavy (non-hydrogen) atoms. The minimum Gasteiger partial charge on any atom is -0.454 e. The maximum atomic E-state index is 12.9. The lowest BCUT2D eigenvalue weighted by Gasteiger charge is -2.13. The molecule has 1 aromatic carbocycles. The van der Waals surface area contributed by atoms with Gasteiger partial charge in [-0.05, 0) is 30.0 Å². The van der Waals surface area contributed by atoms with Gasteiger partial charge in [-0.1, -0.05) is 26.0 Å². The van der Waals surface area contributed by atoms with Gasteiger partial charge in [0.2, 0.25) is 0 Å². The van der Waals surface area contributed by atoms with E-state index in [-0.39, 0.29) is 5.56 Å². The second-order valence-electron chi connectivity index (χ2n) is 4.98. The predicted octanol–water partition coefficient (Wildman–Crippen LogP) is 2.52. The Morgan fingerprint density at radius 3 is 2.24 bits per heavy atom. The van der Waals surface area contributed by atoms with Crippen molar-refractivity contribution < 1.29 is 31.3 Å². The number of carbonyl (C=O) groups is 1. The molecule has 0 radical (unpaired) electrons. The molecular formula is C13H16F2O5S. The highest BCUT2D eigenvalue weighted by molar-refractivity contribution is 7.86. The highest BCUT2D eigenvalue weighted by Gasteiger charge is 2.45. The maximum Gasteiger partial charge on any atom is 0.402 e. The van der Waals surface area contributed by atoms with E-state index >= 15 is 0 Å². The number of halogens is 2. The molecule has 8 heteroatoms. The number of alkyl halides is 2. The van der Waals surface area contributed by atoms with Gasteiger partial charge in [0.15, 0.2) is 6.61 Å². The molecule has 0 aromatic heterocycles. The molecule has 118 valence electrons. The van der Waals surface area contributed by atoms with Gasteiger partial charge < -0.3 is 4.74 Å².